The molecule has 0 N–H and O–H groups in total. The molecule has 1 aromatic carbocycles. The highest BCUT2D eigenvalue weighted by atomic mass is 19.1. The SMILES string of the molecule is C/C=N\C(=C/C#N)c1cc(F)ccc1/C=C1\CC2(CCOCC2)C1=O. The highest BCUT2D eigenvalue weighted by Crippen LogP contribution is 2.49. The van der Waals surface area contributed by atoms with Gasteiger partial charge in [-0.25, -0.2) is 4.39 Å². The molecule has 0 radical (unpaired) electrons. The fraction of sp³-hybridized carbons (Fsp3) is 0.350. The van der Waals surface area contributed by atoms with Crippen molar-refractivity contribution in [3.05, 3.63) is 46.8 Å². The Kier molecular flexibility index (Phi) is 4.91. The number of ketones is 1. The molecule has 1 aliphatic heterocycles. The van der Waals surface area contributed by atoms with Gasteiger partial charge in [-0.05, 0) is 55.5 Å². The number of halogens is 1. The van der Waals surface area contributed by atoms with Crippen LogP contribution >= 0.6 is 0 Å². The molecule has 128 valence electrons. The minimum absolute atomic E-state index is 0.163. The summed E-state index contributed by atoms with van der Waals surface area (Å²) < 4.78 is 19.1. The minimum Gasteiger partial charge on any atom is -0.381 e. The summed E-state index contributed by atoms with van der Waals surface area (Å²) in [5, 5.41) is 8.96. The van der Waals surface area contributed by atoms with E-state index in [1.165, 1.54) is 18.2 Å². The number of carbonyl (C=O) groups excluding carboxylic acids is 1. The molecule has 5 heteroatoms. The Bertz CT molecular complexity index is 825. The molecule has 1 aromatic rings. The fourth-order valence-electron chi connectivity index (χ4n) is 3.49. The second-order valence-corrected chi connectivity index (χ2v) is 6.35. The second kappa shape index (κ2) is 7.12. The number of benzene rings is 1. The molecule has 1 saturated carbocycles. The van der Waals surface area contributed by atoms with Crippen LogP contribution in [0.2, 0.25) is 0 Å². The molecule has 1 aliphatic carbocycles. The molecule has 2 fully saturated rings. The zero-order chi connectivity index (χ0) is 17.9. The maximum atomic E-state index is 13.7. The van der Waals surface area contributed by atoms with Crippen molar-refractivity contribution in [2.75, 3.05) is 13.2 Å². The molecule has 1 saturated heterocycles. The van der Waals surface area contributed by atoms with Crippen molar-refractivity contribution in [3.63, 3.8) is 0 Å². The van der Waals surface area contributed by atoms with E-state index in [9.17, 15) is 9.18 Å². The van der Waals surface area contributed by atoms with Gasteiger partial charge in [-0.15, -0.1) is 0 Å². The highest BCUT2D eigenvalue weighted by Gasteiger charge is 2.50. The van der Waals surface area contributed by atoms with Crippen molar-refractivity contribution in [1.82, 2.24) is 0 Å². The summed E-state index contributed by atoms with van der Waals surface area (Å²) in [5.41, 5.74) is 2.05. The van der Waals surface area contributed by atoms with E-state index in [-0.39, 0.29) is 11.2 Å². The molecule has 4 nitrogen and oxygen atoms in total. The molecule has 0 atom stereocenters. The number of ether oxygens (including phenoxy) is 1. The van der Waals surface area contributed by atoms with Gasteiger partial charge in [0.1, 0.15) is 5.82 Å². The van der Waals surface area contributed by atoms with Gasteiger partial charge in [0.15, 0.2) is 5.78 Å². The summed E-state index contributed by atoms with van der Waals surface area (Å²) in [6, 6.07) is 6.25. The van der Waals surface area contributed by atoms with Crippen LogP contribution in [0.25, 0.3) is 11.8 Å². The smallest absolute Gasteiger partial charge is 0.165 e. The minimum atomic E-state index is -0.409. The standard InChI is InChI=1S/C20H19FN2O2/c1-2-23-18(5-8-22)17-12-16(21)4-3-14(17)11-15-13-20(19(15)24)6-9-25-10-7-20/h2-5,11-12H,6-7,9-10,13H2,1H3/b15-11+,18-5-,23-2-. The summed E-state index contributed by atoms with van der Waals surface area (Å²) in [5.74, 6) is -0.246. The Labute approximate surface area is 146 Å². The van der Waals surface area contributed by atoms with Crippen LogP contribution in [0.15, 0.2) is 34.8 Å². The number of carbonyl (C=O) groups is 1. The Balaban J connectivity index is 1.95. The number of hydrogen-bond donors (Lipinski definition) is 0. The average molecular weight is 338 g/mol. The van der Waals surface area contributed by atoms with Crippen molar-refractivity contribution < 1.29 is 13.9 Å². The monoisotopic (exact) mass is 338 g/mol. The molecule has 1 spiro atoms. The molecule has 25 heavy (non-hydrogen) atoms. The summed E-state index contributed by atoms with van der Waals surface area (Å²) in [7, 11) is 0. The van der Waals surface area contributed by atoms with E-state index in [0.717, 1.165) is 24.8 Å². The van der Waals surface area contributed by atoms with E-state index in [0.29, 0.717) is 30.0 Å². The summed E-state index contributed by atoms with van der Waals surface area (Å²) in [6.07, 6.45) is 6.88. The van der Waals surface area contributed by atoms with E-state index >= 15 is 0 Å². The summed E-state index contributed by atoms with van der Waals surface area (Å²) in [6.45, 7) is 2.98. The van der Waals surface area contributed by atoms with Gasteiger partial charge in [0.25, 0.3) is 0 Å². The summed E-state index contributed by atoms with van der Waals surface area (Å²) in [4.78, 5) is 16.8. The first-order valence-electron chi connectivity index (χ1n) is 8.31. The number of aliphatic imine (C=N–C) groups is 1. The lowest BCUT2D eigenvalue weighted by Gasteiger charge is -2.44. The van der Waals surface area contributed by atoms with Gasteiger partial charge < -0.3 is 4.74 Å². The largest absolute Gasteiger partial charge is 0.381 e. The highest BCUT2D eigenvalue weighted by molar-refractivity contribution is 6.10. The third-order valence-corrected chi connectivity index (χ3v) is 4.84. The van der Waals surface area contributed by atoms with Crippen molar-refractivity contribution >= 4 is 23.8 Å². The molecule has 0 amide bonds. The number of rotatable bonds is 3. The Morgan fingerprint density at radius 1 is 1.40 bits per heavy atom. The van der Waals surface area contributed by atoms with Crippen LogP contribution in [-0.2, 0) is 9.53 Å². The molecular formula is C20H19FN2O2. The summed E-state index contributed by atoms with van der Waals surface area (Å²) >= 11 is 0. The van der Waals surface area contributed by atoms with E-state index < -0.39 is 5.82 Å². The lowest BCUT2D eigenvalue weighted by atomic mass is 9.60. The fourth-order valence-corrected chi connectivity index (χ4v) is 3.49. The van der Waals surface area contributed by atoms with Crippen LogP contribution in [0.3, 0.4) is 0 Å². The third kappa shape index (κ3) is 3.31. The lowest BCUT2D eigenvalue weighted by molar-refractivity contribution is -0.137. The predicted molar refractivity (Wildman–Crippen MR) is 94.2 cm³/mol. The van der Waals surface area contributed by atoms with Crippen LogP contribution in [0.4, 0.5) is 4.39 Å². The predicted octanol–water partition coefficient (Wildman–Crippen LogP) is 3.93. The molecule has 0 unspecified atom stereocenters. The normalized spacial score (nSPS) is 21.6. The number of nitriles is 1. The Hall–Kier alpha value is -2.58. The average Bonchev–Trinajstić information content (AvgIpc) is 2.63. The van der Waals surface area contributed by atoms with Crippen LogP contribution in [0, 0.1) is 22.6 Å². The zero-order valence-corrected chi connectivity index (χ0v) is 14.1. The van der Waals surface area contributed by atoms with Crippen LogP contribution in [0.1, 0.15) is 37.3 Å². The number of nitrogens with zero attached hydrogens (tertiary/aromatic N) is 2. The van der Waals surface area contributed by atoms with Gasteiger partial charge in [-0.3, -0.25) is 9.79 Å². The zero-order valence-electron chi connectivity index (χ0n) is 14.1. The quantitative estimate of drug-likeness (QED) is 0.476. The lowest BCUT2D eigenvalue weighted by Crippen LogP contribution is -2.46. The number of allylic oxidation sites excluding steroid dienone is 2. The third-order valence-electron chi connectivity index (χ3n) is 4.84. The maximum absolute atomic E-state index is 13.7. The number of hydrogen-bond acceptors (Lipinski definition) is 4. The Morgan fingerprint density at radius 3 is 2.80 bits per heavy atom. The van der Waals surface area contributed by atoms with Crippen molar-refractivity contribution in [2.24, 2.45) is 10.4 Å². The van der Waals surface area contributed by atoms with Crippen LogP contribution in [-0.4, -0.2) is 25.2 Å². The van der Waals surface area contributed by atoms with Gasteiger partial charge in [-0.1, -0.05) is 6.07 Å². The van der Waals surface area contributed by atoms with Crippen LogP contribution in [0.5, 0.6) is 0 Å². The molecule has 3 rings (SSSR count). The molecule has 2 aliphatic rings. The van der Waals surface area contributed by atoms with Crippen molar-refractivity contribution in [3.8, 4) is 6.07 Å². The molecule has 0 bridgehead atoms. The van der Waals surface area contributed by atoms with Gasteiger partial charge in [0.2, 0.25) is 0 Å². The molecular weight excluding hydrogens is 319 g/mol. The first-order chi connectivity index (χ1) is 12.1. The van der Waals surface area contributed by atoms with Gasteiger partial charge >= 0.3 is 0 Å². The van der Waals surface area contributed by atoms with Crippen molar-refractivity contribution in [2.45, 2.75) is 26.2 Å². The van der Waals surface area contributed by atoms with E-state index in [2.05, 4.69) is 4.99 Å². The molecule has 0 aromatic heterocycles. The molecule has 1 heterocycles. The van der Waals surface area contributed by atoms with E-state index in [1.54, 1.807) is 25.3 Å². The van der Waals surface area contributed by atoms with E-state index in [4.69, 9.17) is 10.00 Å². The van der Waals surface area contributed by atoms with Gasteiger partial charge in [-0.2, -0.15) is 5.26 Å². The topological polar surface area (TPSA) is 62.4 Å². The van der Waals surface area contributed by atoms with Crippen LogP contribution < -0.4 is 0 Å². The van der Waals surface area contributed by atoms with E-state index in [1.807, 2.05) is 6.07 Å². The number of Topliss-reactive ketones (excluding diaryl/α,β-unsaturated/α-hetero) is 1. The van der Waals surface area contributed by atoms with Gasteiger partial charge in [0, 0.05) is 36.5 Å². The van der Waals surface area contributed by atoms with Gasteiger partial charge in [0.05, 0.1) is 11.8 Å². The Morgan fingerprint density at radius 2 is 2.16 bits per heavy atom. The first kappa shape index (κ1) is 17.2. The second-order valence-electron chi connectivity index (χ2n) is 6.35. The first-order valence-corrected chi connectivity index (χ1v) is 8.31. The maximum Gasteiger partial charge on any atom is 0.165 e. The van der Waals surface area contributed by atoms with Crippen molar-refractivity contribution in [1.29, 1.82) is 5.26 Å².